The second kappa shape index (κ2) is 4.56. The van der Waals surface area contributed by atoms with Gasteiger partial charge in [0.2, 0.25) is 0 Å². The summed E-state index contributed by atoms with van der Waals surface area (Å²) in [7, 11) is 1.61. The van der Waals surface area contributed by atoms with Crippen LogP contribution in [0.4, 0.5) is 0 Å². The number of ether oxygens (including phenoxy) is 1. The highest BCUT2D eigenvalue weighted by Gasteiger charge is 2.13. The Bertz CT molecular complexity index is 871. The molecule has 1 N–H and O–H groups in total. The van der Waals surface area contributed by atoms with Crippen LogP contribution < -0.4 is 10.3 Å². The topological polar surface area (TPSA) is 47.0 Å². The quantitative estimate of drug-likeness (QED) is 0.742. The number of aryl methyl sites for hydroxylation is 1. The number of benzene rings is 1. The highest BCUT2D eigenvalue weighted by molar-refractivity contribution is 6.06. The van der Waals surface area contributed by atoms with Crippen molar-refractivity contribution in [2.75, 3.05) is 7.11 Å². The van der Waals surface area contributed by atoms with Crippen LogP contribution in [0.1, 0.15) is 5.56 Å². The zero-order valence-corrected chi connectivity index (χ0v) is 11.6. The van der Waals surface area contributed by atoms with Crippen molar-refractivity contribution < 1.29 is 4.74 Å². The van der Waals surface area contributed by atoms with Crippen LogP contribution in [-0.4, -0.2) is 16.7 Å². The lowest BCUT2D eigenvalue weighted by atomic mass is 10.1. The van der Waals surface area contributed by atoms with Crippen LogP contribution in [0.3, 0.4) is 0 Å². The van der Waals surface area contributed by atoms with E-state index in [1.807, 2.05) is 35.9 Å². The van der Waals surface area contributed by atoms with Crippen molar-refractivity contribution in [2.24, 2.45) is 0 Å². The fourth-order valence-corrected chi connectivity index (χ4v) is 2.71. The fraction of sp³-hybridized carbons (Fsp3) is 0.188. The molecule has 0 fully saturated rings. The van der Waals surface area contributed by atoms with Gasteiger partial charge in [-0.1, -0.05) is 6.08 Å². The first kappa shape index (κ1) is 12.5. The van der Waals surface area contributed by atoms with Crippen molar-refractivity contribution in [1.29, 1.82) is 0 Å². The van der Waals surface area contributed by atoms with Gasteiger partial charge in [0.1, 0.15) is 11.3 Å². The molecular formula is C16H16N2O2. The summed E-state index contributed by atoms with van der Waals surface area (Å²) in [5.41, 5.74) is 2.49. The molecule has 20 heavy (non-hydrogen) atoms. The van der Waals surface area contributed by atoms with Gasteiger partial charge >= 0.3 is 0 Å². The highest BCUT2D eigenvalue weighted by Crippen LogP contribution is 2.28. The molecule has 0 bridgehead atoms. The summed E-state index contributed by atoms with van der Waals surface area (Å²) in [4.78, 5) is 15.3. The molecule has 102 valence electrons. The lowest BCUT2D eigenvalue weighted by Crippen LogP contribution is -2.10. The molecule has 0 aliphatic rings. The third-order valence-corrected chi connectivity index (χ3v) is 3.55. The Labute approximate surface area is 116 Å². The summed E-state index contributed by atoms with van der Waals surface area (Å²) in [6.45, 7) is 6.38. The Balaban J connectivity index is 2.47. The number of aromatic nitrogens is 2. The van der Waals surface area contributed by atoms with Gasteiger partial charge in [-0.15, -0.1) is 6.58 Å². The molecule has 0 aliphatic carbocycles. The number of methoxy groups -OCH3 is 1. The maximum Gasteiger partial charge on any atom is 0.272 e. The minimum Gasteiger partial charge on any atom is -0.497 e. The standard InChI is InChI=1S/C16H16N2O2/c1-4-7-18-9-10(2)14-12-6-5-11(20-3)8-13(12)17-16(19)15(14)18/h4-6,8-9H,1,7H2,2-3H3,(H,17,19). The summed E-state index contributed by atoms with van der Waals surface area (Å²) in [6.07, 6.45) is 3.78. The normalized spacial score (nSPS) is 11.1. The number of hydrogen-bond donors (Lipinski definition) is 1. The monoisotopic (exact) mass is 268 g/mol. The van der Waals surface area contributed by atoms with E-state index >= 15 is 0 Å². The average molecular weight is 268 g/mol. The van der Waals surface area contributed by atoms with Crippen LogP contribution in [0.15, 0.2) is 41.8 Å². The van der Waals surface area contributed by atoms with Crippen molar-refractivity contribution in [2.45, 2.75) is 13.5 Å². The molecule has 3 rings (SSSR count). The number of pyridine rings is 1. The number of rotatable bonds is 3. The lowest BCUT2D eigenvalue weighted by molar-refractivity contribution is 0.415. The van der Waals surface area contributed by atoms with E-state index in [-0.39, 0.29) is 5.56 Å². The summed E-state index contributed by atoms with van der Waals surface area (Å²) < 4.78 is 7.14. The Morgan fingerprint density at radius 3 is 2.95 bits per heavy atom. The molecule has 2 aromatic heterocycles. The van der Waals surface area contributed by atoms with Crippen LogP contribution >= 0.6 is 0 Å². The van der Waals surface area contributed by atoms with Gasteiger partial charge in [-0.25, -0.2) is 0 Å². The predicted molar refractivity (Wildman–Crippen MR) is 81.6 cm³/mol. The third kappa shape index (κ3) is 1.72. The Kier molecular flexibility index (Phi) is 2.86. The summed E-state index contributed by atoms with van der Waals surface area (Å²) >= 11 is 0. The van der Waals surface area contributed by atoms with Crippen LogP contribution in [0.25, 0.3) is 21.8 Å². The number of allylic oxidation sites excluding steroid dienone is 1. The SMILES string of the molecule is C=CCn1cc(C)c2c3ccc(OC)cc3[nH]c(=O)c21. The molecule has 4 nitrogen and oxygen atoms in total. The highest BCUT2D eigenvalue weighted by atomic mass is 16.5. The van der Waals surface area contributed by atoms with Crippen LogP contribution in [0.2, 0.25) is 0 Å². The Hall–Kier alpha value is -2.49. The van der Waals surface area contributed by atoms with Gasteiger partial charge in [0.15, 0.2) is 0 Å². The van der Waals surface area contributed by atoms with E-state index in [4.69, 9.17) is 4.74 Å². The molecular weight excluding hydrogens is 252 g/mol. The summed E-state index contributed by atoms with van der Waals surface area (Å²) in [6, 6.07) is 5.74. The van der Waals surface area contributed by atoms with Crippen molar-refractivity contribution in [3.63, 3.8) is 0 Å². The first-order valence-corrected chi connectivity index (χ1v) is 6.46. The molecule has 0 saturated carbocycles. The first-order valence-electron chi connectivity index (χ1n) is 6.46. The van der Waals surface area contributed by atoms with E-state index < -0.39 is 0 Å². The second-order valence-electron chi connectivity index (χ2n) is 4.84. The van der Waals surface area contributed by atoms with Gasteiger partial charge in [0, 0.05) is 29.6 Å². The number of aromatic amines is 1. The lowest BCUT2D eigenvalue weighted by Gasteiger charge is -2.05. The van der Waals surface area contributed by atoms with Crippen molar-refractivity contribution in [3.8, 4) is 5.75 Å². The van der Waals surface area contributed by atoms with E-state index in [0.29, 0.717) is 12.1 Å². The van der Waals surface area contributed by atoms with Gasteiger partial charge in [-0.3, -0.25) is 4.79 Å². The van der Waals surface area contributed by atoms with Crippen LogP contribution in [0, 0.1) is 6.92 Å². The Morgan fingerprint density at radius 2 is 2.25 bits per heavy atom. The zero-order valence-electron chi connectivity index (χ0n) is 11.6. The number of hydrogen-bond acceptors (Lipinski definition) is 2. The molecule has 0 spiro atoms. The first-order chi connectivity index (χ1) is 9.65. The van der Waals surface area contributed by atoms with Gasteiger partial charge < -0.3 is 14.3 Å². The second-order valence-corrected chi connectivity index (χ2v) is 4.84. The van der Waals surface area contributed by atoms with E-state index in [0.717, 1.165) is 27.6 Å². The van der Waals surface area contributed by atoms with Gasteiger partial charge in [-0.2, -0.15) is 0 Å². The van der Waals surface area contributed by atoms with Crippen LogP contribution in [0.5, 0.6) is 5.75 Å². The van der Waals surface area contributed by atoms with E-state index in [9.17, 15) is 4.79 Å². The maximum absolute atomic E-state index is 12.3. The molecule has 3 aromatic rings. The fourth-order valence-electron chi connectivity index (χ4n) is 2.71. The number of nitrogens with zero attached hydrogens (tertiary/aromatic N) is 1. The zero-order chi connectivity index (χ0) is 14.3. The Morgan fingerprint density at radius 1 is 1.45 bits per heavy atom. The van der Waals surface area contributed by atoms with Gasteiger partial charge in [0.25, 0.3) is 5.56 Å². The minimum absolute atomic E-state index is 0.0873. The van der Waals surface area contributed by atoms with Crippen LogP contribution in [-0.2, 0) is 6.54 Å². The molecule has 0 unspecified atom stereocenters. The van der Waals surface area contributed by atoms with E-state index in [1.165, 1.54) is 0 Å². The van der Waals surface area contributed by atoms with Crippen molar-refractivity contribution in [3.05, 3.63) is 53.0 Å². The molecule has 1 aromatic carbocycles. The number of fused-ring (bicyclic) bond motifs is 3. The molecule has 0 aliphatic heterocycles. The van der Waals surface area contributed by atoms with Gasteiger partial charge in [-0.05, 0) is 24.6 Å². The molecule has 4 heteroatoms. The smallest absolute Gasteiger partial charge is 0.272 e. The maximum atomic E-state index is 12.3. The predicted octanol–water partition coefficient (Wildman–Crippen LogP) is 2.99. The average Bonchev–Trinajstić information content (AvgIpc) is 2.76. The molecule has 2 heterocycles. The van der Waals surface area contributed by atoms with Crippen molar-refractivity contribution >= 4 is 21.8 Å². The largest absolute Gasteiger partial charge is 0.497 e. The third-order valence-electron chi connectivity index (χ3n) is 3.55. The molecule has 0 radical (unpaired) electrons. The summed E-state index contributed by atoms with van der Waals surface area (Å²) in [5, 5.41) is 2.02. The number of H-pyrrole nitrogens is 1. The van der Waals surface area contributed by atoms with Crippen molar-refractivity contribution in [1.82, 2.24) is 9.55 Å². The molecule has 0 saturated heterocycles. The van der Waals surface area contributed by atoms with E-state index in [1.54, 1.807) is 13.2 Å². The molecule has 0 atom stereocenters. The number of nitrogens with one attached hydrogen (secondary N) is 1. The van der Waals surface area contributed by atoms with E-state index in [2.05, 4.69) is 11.6 Å². The summed E-state index contributed by atoms with van der Waals surface area (Å²) in [5.74, 6) is 0.732. The minimum atomic E-state index is -0.0873. The van der Waals surface area contributed by atoms with Gasteiger partial charge in [0.05, 0.1) is 12.6 Å². The molecule has 0 amide bonds.